The molecule has 0 heterocycles. The molecule has 0 aromatic carbocycles. The summed E-state index contributed by atoms with van der Waals surface area (Å²) in [5, 5.41) is 11.1. The Morgan fingerprint density at radius 2 is 2.13 bits per heavy atom. The van der Waals surface area contributed by atoms with Crippen LogP contribution in [-0.2, 0) is 4.79 Å². The fourth-order valence-electron chi connectivity index (χ4n) is 0.929. The van der Waals surface area contributed by atoms with Crippen LogP contribution in [0.3, 0.4) is 0 Å². The third-order valence-corrected chi connectivity index (χ3v) is 1.83. The number of nitrogens with one attached hydrogen (secondary N) is 1. The van der Waals surface area contributed by atoms with Gasteiger partial charge in [-0.1, -0.05) is 12.2 Å². The lowest BCUT2D eigenvalue weighted by molar-refractivity contribution is -0.137. The van der Waals surface area contributed by atoms with E-state index in [0.29, 0.717) is 6.54 Å². The minimum absolute atomic E-state index is 0.0290. The van der Waals surface area contributed by atoms with Gasteiger partial charge in [0.15, 0.2) is 0 Å². The molecule has 0 rings (SSSR count). The molecule has 0 atom stereocenters. The second kappa shape index (κ2) is 7.84. The molecule has 0 aromatic rings. The number of nitrogens with zero attached hydrogens (tertiary/aromatic N) is 1. The van der Waals surface area contributed by atoms with Gasteiger partial charge >= 0.3 is 12.0 Å². The van der Waals surface area contributed by atoms with E-state index >= 15 is 0 Å². The number of carboxylic acid groups (broad SMARTS) is 1. The van der Waals surface area contributed by atoms with Gasteiger partial charge < -0.3 is 15.3 Å². The Morgan fingerprint density at radius 1 is 1.47 bits per heavy atom. The largest absolute Gasteiger partial charge is 0.481 e. The number of carbonyl (C=O) groups excluding carboxylic acids is 1. The molecule has 5 heteroatoms. The molecule has 0 fully saturated rings. The highest BCUT2D eigenvalue weighted by Gasteiger charge is 2.08. The summed E-state index contributed by atoms with van der Waals surface area (Å²) in [6.45, 7) is 2.71. The predicted molar refractivity (Wildman–Crippen MR) is 57.7 cm³/mol. The Kier molecular flexibility index (Phi) is 7.05. The number of carboxylic acids is 1. The molecule has 0 spiro atoms. The van der Waals surface area contributed by atoms with Crippen molar-refractivity contribution in [1.29, 1.82) is 0 Å². The van der Waals surface area contributed by atoms with E-state index in [0.717, 1.165) is 6.42 Å². The number of urea groups is 1. The van der Waals surface area contributed by atoms with Crippen LogP contribution in [0.15, 0.2) is 12.2 Å². The summed E-state index contributed by atoms with van der Waals surface area (Å²) in [5.41, 5.74) is 0. The Bertz CT molecular complexity index is 239. The minimum Gasteiger partial charge on any atom is -0.481 e. The average Bonchev–Trinajstić information content (AvgIpc) is 2.20. The van der Waals surface area contributed by atoms with Crippen LogP contribution in [0.4, 0.5) is 4.79 Å². The standard InChI is InChI=1S/C10H18N2O3/c1-3-4-5-7-11-10(15)12(2)8-6-9(13)14/h3-4H,5-8H2,1-2H3,(H,11,15)(H,13,14)/b4-3+. The van der Waals surface area contributed by atoms with Crippen molar-refractivity contribution in [3.05, 3.63) is 12.2 Å². The van der Waals surface area contributed by atoms with E-state index in [-0.39, 0.29) is 19.0 Å². The van der Waals surface area contributed by atoms with E-state index in [1.165, 1.54) is 4.90 Å². The molecule has 5 nitrogen and oxygen atoms in total. The van der Waals surface area contributed by atoms with Crippen molar-refractivity contribution in [2.45, 2.75) is 19.8 Å². The van der Waals surface area contributed by atoms with Gasteiger partial charge in [-0.3, -0.25) is 4.79 Å². The van der Waals surface area contributed by atoms with E-state index in [4.69, 9.17) is 5.11 Å². The van der Waals surface area contributed by atoms with E-state index in [2.05, 4.69) is 5.32 Å². The highest BCUT2D eigenvalue weighted by molar-refractivity contribution is 5.74. The number of hydrogen-bond acceptors (Lipinski definition) is 2. The Hall–Kier alpha value is -1.52. The number of rotatable bonds is 6. The summed E-state index contributed by atoms with van der Waals surface area (Å²) in [4.78, 5) is 22.9. The summed E-state index contributed by atoms with van der Waals surface area (Å²) in [7, 11) is 1.58. The number of amides is 2. The van der Waals surface area contributed by atoms with Crippen LogP contribution in [0.25, 0.3) is 0 Å². The van der Waals surface area contributed by atoms with Crippen LogP contribution in [-0.4, -0.2) is 42.1 Å². The monoisotopic (exact) mass is 214 g/mol. The maximum Gasteiger partial charge on any atom is 0.317 e. The van der Waals surface area contributed by atoms with Crippen molar-refractivity contribution in [3.63, 3.8) is 0 Å². The maximum atomic E-state index is 11.3. The van der Waals surface area contributed by atoms with Crippen LogP contribution in [0, 0.1) is 0 Å². The van der Waals surface area contributed by atoms with Crippen LogP contribution >= 0.6 is 0 Å². The topological polar surface area (TPSA) is 69.6 Å². The minimum atomic E-state index is -0.899. The molecule has 0 aliphatic rings. The lowest BCUT2D eigenvalue weighted by Gasteiger charge is -2.16. The number of carbonyl (C=O) groups is 2. The first-order valence-electron chi connectivity index (χ1n) is 4.89. The lowest BCUT2D eigenvalue weighted by Crippen LogP contribution is -2.38. The first kappa shape index (κ1) is 13.5. The summed E-state index contributed by atoms with van der Waals surface area (Å²) >= 11 is 0. The zero-order valence-electron chi connectivity index (χ0n) is 9.19. The van der Waals surface area contributed by atoms with E-state index < -0.39 is 5.97 Å². The molecule has 0 aliphatic heterocycles. The molecule has 2 N–H and O–H groups in total. The predicted octanol–water partition coefficient (Wildman–Crippen LogP) is 1.07. The van der Waals surface area contributed by atoms with Gasteiger partial charge in [-0.15, -0.1) is 0 Å². The summed E-state index contributed by atoms with van der Waals surface area (Å²) in [5.74, 6) is -0.899. The quantitative estimate of drug-likeness (QED) is 0.513. The van der Waals surface area contributed by atoms with Gasteiger partial charge in [0, 0.05) is 20.1 Å². The van der Waals surface area contributed by atoms with Gasteiger partial charge in [0.1, 0.15) is 0 Å². The molecule has 86 valence electrons. The van der Waals surface area contributed by atoms with Gasteiger partial charge in [0.2, 0.25) is 0 Å². The molecule has 0 bridgehead atoms. The summed E-state index contributed by atoms with van der Waals surface area (Å²) in [6.07, 6.45) is 4.63. The first-order chi connectivity index (χ1) is 7.07. The number of hydrogen-bond donors (Lipinski definition) is 2. The van der Waals surface area contributed by atoms with Gasteiger partial charge in [-0.2, -0.15) is 0 Å². The molecule has 15 heavy (non-hydrogen) atoms. The third-order valence-electron chi connectivity index (χ3n) is 1.83. The van der Waals surface area contributed by atoms with E-state index in [1.807, 2.05) is 19.1 Å². The van der Waals surface area contributed by atoms with Crippen LogP contribution < -0.4 is 5.32 Å². The van der Waals surface area contributed by atoms with Crippen molar-refractivity contribution in [3.8, 4) is 0 Å². The van der Waals surface area contributed by atoms with Crippen molar-refractivity contribution >= 4 is 12.0 Å². The SMILES string of the molecule is C/C=C/CCNC(=O)N(C)CCC(=O)O. The zero-order chi connectivity index (χ0) is 11.7. The first-order valence-corrected chi connectivity index (χ1v) is 4.89. The molecular weight excluding hydrogens is 196 g/mol. The molecule has 0 saturated carbocycles. The smallest absolute Gasteiger partial charge is 0.317 e. The molecular formula is C10H18N2O3. The second-order valence-electron chi connectivity index (χ2n) is 3.15. The van der Waals surface area contributed by atoms with Crippen molar-refractivity contribution in [2.75, 3.05) is 20.1 Å². The van der Waals surface area contributed by atoms with Crippen molar-refractivity contribution in [2.24, 2.45) is 0 Å². The normalized spacial score (nSPS) is 10.3. The Morgan fingerprint density at radius 3 is 2.67 bits per heavy atom. The van der Waals surface area contributed by atoms with E-state index in [1.54, 1.807) is 7.05 Å². The average molecular weight is 214 g/mol. The van der Waals surface area contributed by atoms with E-state index in [9.17, 15) is 9.59 Å². The highest BCUT2D eigenvalue weighted by Crippen LogP contribution is 1.89. The lowest BCUT2D eigenvalue weighted by atomic mass is 10.4. The van der Waals surface area contributed by atoms with Gasteiger partial charge in [-0.05, 0) is 13.3 Å². The molecule has 0 aromatic heterocycles. The number of allylic oxidation sites excluding steroid dienone is 1. The summed E-state index contributed by atoms with van der Waals surface area (Å²) < 4.78 is 0. The van der Waals surface area contributed by atoms with Gasteiger partial charge in [-0.25, -0.2) is 4.79 Å². The Balaban J connectivity index is 3.64. The molecule has 0 aliphatic carbocycles. The molecule has 0 radical (unpaired) electrons. The third kappa shape index (κ3) is 7.54. The summed E-state index contributed by atoms with van der Waals surface area (Å²) in [6, 6.07) is -0.235. The fraction of sp³-hybridized carbons (Fsp3) is 0.600. The second-order valence-corrected chi connectivity index (χ2v) is 3.15. The molecule has 0 saturated heterocycles. The van der Waals surface area contributed by atoms with Crippen molar-refractivity contribution in [1.82, 2.24) is 10.2 Å². The van der Waals surface area contributed by atoms with Crippen LogP contribution in [0.1, 0.15) is 19.8 Å². The fourth-order valence-corrected chi connectivity index (χ4v) is 0.929. The molecule has 2 amide bonds. The molecule has 0 unspecified atom stereocenters. The number of aliphatic carboxylic acids is 1. The van der Waals surface area contributed by atoms with Crippen LogP contribution in [0.5, 0.6) is 0 Å². The van der Waals surface area contributed by atoms with Crippen molar-refractivity contribution < 1.29 is 14.7 Å². The van der Waals surface area contributed by atoms with Gasteiger partial charge in [0.05, 0.1) is 6.42 Å². The zero-order valence-corrected chi connectivity index (χ0v) is 9.19. The van der Waals surface area contributed by atoms with Gasteiger partial charge in [0.25, 0.3) is 0 Å². The highest BCUT2D eigenvalue weighted by atomic mass is 16.4. The van der Waals surface area contributed by atoms with Crippen LogP contribution in [0.2, 0.25) is 0 Å². The maximum absolute atomic E-state index is 11.3. The Labute approximate surface area is 89.8 Å².